The van der Waals surface area contributed by atoms with E-state index < -0.39 is 0 Å². The first-order valence-electron chi connectivity index (χ1n) is 3.41. The lowest BCUT2D eigenvalue weighted by molar-refractivity contribution is 0.246. The van der Waals surface area contributed by atoms with Crippen molar-refractivity contribution in [3.05, 3.63) is 36.4 Å². The zero-order valence-electron chi connectivity index (χ0n) is 6.50. The summed E-state index contributed by atoms with van der Waals surface area (Å²) in [4.78, 5) is 0. The zero-order valence-corrected chi connectivity index (χ0v) is 9.79. The molecule has 0 fully saturated rings. The highest BCUT2D eigenvalue weighted by atomic mass is 79.9. The summed E-state index contributed by atoms with van der Waals surface area (Å²) in [5.74, 6) is 0.880. The molecule has 1 rings (SSSR count). The summed E-state index contributed by atoms with van der Waals surface area (Å²) in [6.07, 6.45) is 9.40. The third-order valence-corrected chi connectivity index (χ3v) is 1.47. The molecule has 0 aromatic carbocycles. The lowest BCUT2D eigenvalue weighted by Gasteiger charge is -2.01. The molecule has 0 atom stereocenters. The molecule has 1 aliphatic rings. The van der Waals surface area contributed by atoms with E-state index in [1.807, 2.05) is 30.6 Å². The molecule has 0 radical (unpaired) electrons. The van der Waals surface area contributed by atoms with Gasteiger partial charge >= 0.3 is 0 Å². The van der Waals surface area contributed by atoms with Crippen LogP contribution < -0.4 is 5.32 Å². The molecule has 0 unspecified atom stereocenters. The molecule has 0 bridgehead atoms. The Morgan fingerprint density at radius 2 is 2.25 bits per heavy atom. The van der Waals surface area contributed by atoms with Crippen LogP contribution in [-0.4, -0.2) is 11.9 Å². The topological polar surface area (TPSA) is 21.3 Å². The van der Waals surface area contributed by atoms with E-state index in [2.05, 4.69) is 21.2 Å². The number of allylic oxidation sites excluding steroid dienone is 3. The number of hydrogen-bond acceptors (Lipinski definition) is 2. The van der Waals surface area contributed by atoms with E-state index in [4.69, 9.17) is 4.74 Å². The lowest BCUT2D eigenvalue weighted by atomic mass is 10.4. The van der Waals surface area contributed by atoms with Crippen LogP contribution in [0.3, 0.4) is 0 Å². The van der Waals surface area contributed by atoms with Gasteiger partial charge in [0, 0.05) is 17.7 Å². The van der Waals surface area contributed by atoms with E-state index in [1.54, 1.807) is 0 Å². The maximum Gasteiger partial charge on any atom is 0.120 e. The fourth-order valence-corrected chi connectivity index (χ4v) is 0.854. The quantitative estimate of drug-likeness (QED) is 0.808. The molecule has 68 valence electrons. The maximum atomic E-state index is 5.35. The highest BCUT2D eigenvalue weighted by Gasteiger charge is 1.91. The Kier molecular flexibility index (Phi) is 7.29. The van der Waals surface area contributed by atoms with Gasteiger partial charge < -0.3 is 10.1 Å². The number of ether oxygens (including phenoxy) is 1. The number of nitrogens with one attached hydrogen (secondary N) is 1. The summed E-state index contributed by atoms with van der Waals surface area (Å²) < 4.78 is 5.35. The number of hydrogen-bond donors (Lipinski definition) is 1. The summed E-state index contributed by atoms with van der Waals surface area (Å²) in [5, 5.41) is 3.81. The average molecular weight is 297 g/mol. The van der Waals surface area contributed by atoms with Gasteiger partial charge in [-0.25, -0.2) is 0 Å². The molecule has 0 aromatic heterocycles. The van der Waals surface area contributed by atoms with Gasteiger partial charge in [-0.1, -0.05) is 15.9 Å². The summed E-state index contributed by atoms with van der Waals surface area (Å²) >= 11 is 3.29. The predicted octanol–water partition coefficient (Wildman–Crippen LogP) is 2.49. The molecule has 0 saturated carbocycles. The molecular weight excluding hydrogens is 286 g/mol. The van der Waals surface area contributed by atoms with Crippen molar-refractivity contribution in [3.63, 3.8) is 0 Å². The molecule has 1 aliphatic heterocycles. The molecule has 12 heavy (non-hydrogen) atoms. The number of alkyl halides is 1. The fourth-order valence-electron chi connectivity index (χ4n) is 0.693. The zero-order chi connectivity index (χ0) is 7.94. The average Bonchev–Trinajstić information content (AvgIpc) is 2.28. The summed E-state index contributed by atoms with van der Waals surface area (Å²) in [6, 6.07) is 0. The largest absolute Gasteiger partial charge is 0.493 e. The minimum absolute atomic E-state index is 0. The van der Waals surface area contributed by atoms with Gasteiger partial charge in [0.05, 0.1) is 6.61 Å². The molecule has 4 heteroatoms. The third-order valence-electron chi connectivity index (χ3n) is 1.14. The van der Waals surface area contributed by atoms with Crippen LogP contribution in [0.15, 0.2) is 36.4 Å². The minimum atomic E-state index is 0. The van der Waals surface area contributed by atoms with Crippen LogP contribution in [0.25, 0.3) is 0 Å². The predicted molar refractivity (Wildman–Crippen MR) is 59.6 cm³/mol. The van der Waals surface area contributed by atoms with Gasteiger partial charge in [0.1, 0.15) is 5.76 Å². The maximum absolute atomic E-state index is 5.35. The van der Waals surface area contributed by atoms with Crippen molar-refractivity contribution in [2.24, 2.45) is 0 Å². The monoisotopic (exact) mass is 295 g/mol. The molecular formula is C8H11Br2NO. The Balaban J connectivity index is 0.00000121. The van der Waals surface area contributed by atoms with Gasteiger partial charge in [0.2, 0.25) is 0 Å². The van der Waals surface area contributed by atoms with Crippen molar-refractivity contribution < 1.29 is 4.74 Å². The first kappa shape index (κ1) is 11.8. The van der Waals surface area contributed by atoms with Crippen LogP contribution >= 0.6 is 32.9 Å². The van der Waals surface area contributed by atoms with Crippen molar-refractivity contribution in [1.29, 1.82) is 0 Å². The highest BCUT2D eigenvalue weighted by molar-refractivity contribution is 9.09. The SMILES string of the molecule is Br.BrCCOC1=CC=CNC=C1. The van der Waals surface area contributed by atoms with E-state index in [0.29, 0.717) is 6.61 Å². The Bertz CT molecular complexity index is 199. The summed E-state index contributed by atoms with van der Waals surface area (Å²) in [7, 11) is 0. The Labute approximate surface area is 91.3 Å². The van der Waals surface area contributed by atoms with Crippen LogP contribution in [0.2, 0.25) is 0 Å². The molecule has 0 aromatic rings. The van der Waals surface area contributed by atoms with E-state index in [-0.39, 0.29) is 17.0 Å². The van der Waals surface area contributed by atoms with Gasteiger partial charge in [-0.15, -0.1) is 17.0 Å². The van der Waals surface area contributed by atoms with Crippen LogP contribution in [0, 0.1) is 0 Å². The first-order chi connectivity index (χ1) is 5.43. The standard InChI is InChI=1S/C8H10BrNO.BrH/c9-4-7-11-8-2-1-5-10-6-3-8;/h1-3,5-6,10H,4,7H2;1H. The van der Waals surface area contributed by atoms with Gasteiger partial charge in [0.15, 0.2) is 0 Å². The van der Waals surface area contributed by atoms with Gasteiger partial charge in [-0.3, -0.25) is 0 Å². The molecule has 1 heterocycles. The first-order valence-corrected chi connectivity index (χ1v) is 4.54. The van der Waals surface area contributed by atoms with Crippen molar-refractivity contribution >= 4 is 32.9 Å². The minimum Gasteiger partial charge on any atom is -0.493 e. The molecule has 2 nitrogen and oxygen atoms in total. The Morgan fingerprint density at radius 3 is 3.00 bits per heavy atom. The second-order valence-corrected chi connectivity index (χ2v) is 2.76. The Hall–Kier alpha value is -0.220. The number of rotatable bonds is 3. The van der Waals surface area contributed by atoms with Gasteiger partial charge in [-0.05, 0) is 18.2 Å². The number of halogens is 2. The van der Waals surface area contributed by atoms with E-state index in [1.165, 1.54) is 0 Å². The van der Waals surface area contributed by atoms with Crippen LogP contribution in [0.4, 0.5) is 0 Å². The van der Waals surface area contributed by atoms with Crippen molar-refractivity contribution in [3.8, 4) is 0 Å². The smallest absolute Gasteiger partial charge is 0.120 e. The summed E-state index contributed by atoms with van der Waals surface area (Å²) in [6.45, 7) is 0.698. The van der Waals surface area contributed by atoms with E-state index >= 15 is 0 Å². The molecule has 0 amide bonds. The van der Waals surface area contributed by atoms with Crippen LogP contribution in [-0.2, 0) is 4.74 Å². The van der Waals surface area contributed by atoms with E-state index in [0.717, 1.165) is 11.1 Å². The van der Waals surface area contributed by atoms with Crippen molar-refractivity contribution in [2.75, 3.05) is 11.9 Å². The summed E-state index contributed by atoms with van der Waals surface area (Å²) in [5.41, 5.74) is 0. The van der Waals surface area contributed by atoms with Crippen LogP contribution in [0.5, 0.6) is 0 Å². The van der Waals surface area contributed by atoms with Crippen molar-refractivity contribution in [1.82, 2.24) is 5.32 Å². The normalized spacial score (nSPS) is 13.9. The van der Waals surface area contributed by atoms with Gasteiger partial charge in [0.25, 0.3) is 0 Å². The van der Waals surface area contributed by atoms with Crippen LogP contribution in [0.1, 0.15) is 0 Å². The second kappa shape index (κ2) is 7.43. The molecule has 0 aliphatic carbocycles. The Morgan fingerprint density at radius 1 is 1.42 bits per heavy atom. The van der Waals surface area contributed by atoms with Gasteiger partial charge in [-0.2, -0.15) is 0 Å². The molecule has 0 spiro atoms. The third kappa shape index (κ3) is 4.62. The highest BCUT2D eigenvalue weighted by Crippen LogP contribution is 2.02. The fraction of sp³-hybridized carbons (Fsp3) is 0.250. The van der Waals surface area contributed by atoms with E-state index in [9.17, 15) is 0 Å². The molecule has 1 N–H and O–H groups in total. The second-order valence-electron chi connectivity index (χ2n) is 1.97. The van der Waals surface area contributed by atoms with Crippen molar-refractivity contribution in [2.45, 2.75) is 0 Å². The lowest BCUT2D eigenvalue weighted by Crippen LogP contribution is -1.93. The molecule has 0 saturated heterocycles.